The summed E-state index contributed by atoms with van der Waals surface area (Å²) in [7, 11) is -2.02. The number of rotatable bonds is 5. The highest BCUT2D eigenvalue weighted by atomic mass is 35.5. The molecule has 0 aliphatic heterocycles. The molecule has 1 N–H and O–H groups in total. The quantitative estimate of drug-likeness (QED) is 0.749. The van der Waals surface area contributed by atoms with Gasteiger partial charge >= 0.3 is 0 Å². The van der Waals surface area contributed by atoms with Crippen molar-refractivity contribution in [2.45, 2.75) is 11.4 Å². The first-order valence-corrected chi connectivity index (χ1v) is 9.34. The summed E-state index contributed by atoms with van der Waals surface area (Å²) in [6, 6.07) is 12.0. The minimum atomic E-state index is -3.60. The van der Waals surface area contributed by atoms with Crippen LogP contribution in [0.1, 0.15) is 5.56 Å². The number of methoxy groups -OCH3 is 1. The first-order valence-electron chi connectivity index (χ1n) is 6.66. The number of sulfonamides is 1. The summed E-state index contributed by atoms with van der Waals surface area (Å²) in [5.74, 6) is 0.726. The number of halogens is 1. The molecule has 0 atom stereocenters. The van der Waals surface area contributed by atoms with Gasteiger partial charge in [-0.1, -0.05) is 23.7 Å². The van der Waals surface area contributed by atoms with Crippen LogP contribution < -0.4 is 9.46 Å². The van der Waals surface area contributed by atoms with E-state index in [1.807, 2.05) is 12.1 Å². The van der Waals surface area contributed by atoms with Gasteiger partial charge in [0.1, 0.15) is 5.75 Å². The SMILES string of the molecule is COc1ccc(CNS(=O)(=O)c2ccc3nc(Cl)sc3c2)cc1. The number of aromatic nitrogens is 1. The average Bonchev–Trinajstić information content (AvgIpc) is 2.92. The summed E-state index contributed by atoms with van der Waals surface area (Å²) in [6.07, 6.45) is 0. The molecule has 2 aromatic carbocycles. The first kappa shape index (κ1) is 16.2. The number of benzene rings is 2. The molecule has 23 heavy (non-hydrogen) atoms. The Balaban J connectivity index is 1.78. The van der Waals surface area contributed by atoms with Crippen LogP contribution in [0.25, 0.3) is 10.2 Å². The second kappa shape index (κ2) is 6.45. The van der Waals surface area contributed by atoms with Crippen LogP contribution in [-0.4, -0.2) is 20.5 Å². The fourth-order valence-corrected chi connectivity index (χ4v) is 4.24. The molecule has 0 radical (unpaired) electrons. The number of fused-ring (bicyclic) bond motifs is 1. The van der Waals surface area contributed by atoms with E-state index >= 15 is 0 Å². The number of hydrogen-bond donors (Lipinski definition) is 1. The molecule has 0 aliphatic carbocycles. The summed E-state index contributed by atoms with van der Waals surface area (Å²) in [5.41, 5.74) is 1.53. The van der Waals surface area contributed by atoms with Crippen LogP contribution in [0.15, 0.2) is 47.4 Å². The monoisotopic (exact) mass is 368 g/mol. The largest absolute Gasteiger partial charge is 0.497 e. The zero-order chi connectivity index (χ0) is 16.4. The van der Waals surface area contributed by atoms with Crippen LogP contribution >= 0.6 is 22.9 Å². The molecule has 0 saturated heterocycles. The summed E-state index contributed by atoms with van der Waals surface area (Å²) >= 11 is 7.10. The van der Waals surface area contributed by atoms with E-state index in [2.05, 4.69) is 9.71 Å². The Morgan fingerprint density at radius 2 is 1.96 bits per heavy atom. The highest BCUT2D eigenvalue weighted by Crippen LogP contribution is 2.27. The molecule has 0 bridgehead atoms. The molecule has 8 heteroatoms. The Morgan fingerprint density at radius 1 is 1.22 bits per heavy atom. The Bertz CT molecular complexity index is 937. The molecule has 0 aliphatic rings. The molecule has 0 unspecified atom stereocenters. The van der Waals surface area contributed by atoms with Crippen molar-refractivity contribution in [2.75, 3.05) is 7.11 Å². The Hall–Kier alpha value is -1.67. The average molecular weight is 369 g/mol. The minimum Gasteiger partial charge on any atom is -0.497 e. The molecule has 1 aromatic heterocycles. The third-order valence-electron chi connectivity index (χ3n) is 3.27. The number of ether oxygens (including phenoxy) is 1. The van der Waals surface area contributed by atoms with Crippen LogP contribution in [0.5, 0.6) is 5.75 Å². The summed E-state index contributed by atoms with van der Waals surface area (Å²) in [4.78, 5) is 4.30. The van der Waals surface area contributed by atoms with Crippen LogP contribution in [-0.2, 0) is 16.6 Å². The Kier molecular flexibility index (Phi) is 4.54. The second-order valence-electron chi connectivity index (χ2n) is 4.77. The van der Waals surface area contributed by atoms with Crippen LogP contribution in [0.2, 0.25) is 4.47 Å². The van der Waals surface area contributed by atoms with Crippen molar-refractivity contribution < 1.29 is 13.2 Å². The lowest BCUT2D eigenvalue weighted by Gasteiger charge is -2.07. The van der Waals surface area contributed by atoms with Crippen molar-refractivity contribution in [3.8, 4) is 5.75 Å². The molecule has 0 spiro atoms. The van der Waals surface area contributed by atoms with E-state index in [0.717, 1.165) is 16.0 Å². The van der Waals surface area contributed by atoms with E-state index < -0.39 is 10.0 Å². The van der Waals surface area contributed by atoms with Crippen LogP contribution in [0, 0.1) is 0 Å². The fraction of sp³-hybridized carbons (Fsp3) is 0.133. The zero-order valence-corrected chi connectivity index (χ0v) is 14.5. The van der Waals surface area contributed by atoms with Gasteiger partial charge in [-0.15, -0.1) is 11.3 Å². The molecule has 3 rings (SSSR count). The molecule has 5 nitrogen and oxygen atoms in total. The lowest BCUT2D eigenvalue weighted by molar-refractivity contribution is 0.414. The smallest absolute Gasteiger partial charge is 0.240 e. The van der Waals surface area contributed by atoms with E-state index in [1.165, 1.54) is 17.4 Å². The van der Waals surface area contributed by atoms with Gasteiger partial charge in [0.15, 0.2) is 4.47 Å². The van der Waals surface area contributed by atoms with Crippen molar-refractivity contribution >= 4 is 43.2 Å². The van der Waals surface area contributed by atoms with Gasteiger partial charge in [0, 0.05) is 6.54 Å². The van der Waals surface area contributed by atoms with Crippen molar-refractivity contribution in [2.24, 2.45) is 0 Å². The summed E-state index contributed by atoms with van der Waals surface area (Å²) in [6.45, 7) is 0.202. The van der Waals surface area contributed by atoms with Crippen LogP contribution in [0.4, 0.5) is 0 Å². The number of nitrogens with zero attached hydrogens (tertiary/aromatic N) is 1. The third kappa shape index (κ3) is 3.64. The molecule has 0 amide bonds. The van der Waals surface area contributed by atoms with Gasteiger partial charge in [-0.05, 0) is 35.9 Å². The number of thiazole rings is 1. The standard InChI is InChI=1S/C15H13ClN2O3S2/c1-21-11-4-2-10(3-5-11)9-17-23(19,20)12-6-7-13-14(8-12)22-15(16)18-13/h2-8,17H,9H2,1H3. The predicted octanol–water partition coefficient (Wildman–Crippen LogP) is 3.44. The fourth-order valence-electron chi connectivity index (χ4n) is 2.05. The van der Waals surface area contributed by atoms with Gasteiger partial charge in [0.25, 0.3) is 0 Å². The van der Waals surface area contributed by atoms with Gasteiger partial charge in [-0.3, -0.25) is 0 Å². The topological polar surface area (TPSA) is 68.3 Å². The molecule has 3 aromatic rings. The maximum Gasteiger partial charge on any atom is 0.240 e. The van der Waals surface area contributed by atoms with E-state index in [1.54, 1.807) is 31.4 Å². The molecule has 120 valence electrons. The van der Waals surface area contributed by atoms with Gasteiger partial charge in [0.2, 0.25) is 10.0 Å². The van der Waals surface area contributed by atoms with E-state index in [9.17, 15) is 8.42 Å². The Labute approximate surface area is 142 Å². The van der Waals surface area contributed by atoms with Crippen molar-refractivity contribution in [1.82, 2.24) is 9.71 Å². The highest BCUT2D eigenvalue weighted by Gasteiger charge is 2.15. The third-order valence-corrected chi connectivity index (χ3v) is 5.79. The van der Waals surface area contributed by atoms with Crippen molar-refractivity contribution in [3.05, 3.63) is 52.5 Å². The number of hydrogen-bond acceptors (Lipinski definition) is 5. The lowest BCUT2D eigenvalue weighted by Crippen LogP contribution is -2.23. The zero-order valence-electron chi connectivity index (χ0n) is 12.1. The van der Waals surface area contributed by atoms with Crippen molar-refractivity contribution in [3.63, 3.8) is 0 Å². The predicted molar refractivity (Wildman–Crippen MR) is 91.6 cm³/mol. The molecular weight excluding hydrogens is 356 g/mol. The van der Waals surface area contributed by atoms with E-state index in [-0.39, 0.29) is 11.4 Å². The van der Waals surface area contributed by atoms with Gasteiger partial charge < -0.3 is 4.74 Å². The normalized spacial score (nSPS) is 11.7. The molecule has 1 heterocycles. The van der Waals surface area contributed by atoms with Gasteiger partial charge in [-0.2, -0.15) is 0 Å². The molecular formula is C15H13ClN2O3S2. The molecule has 0 saturated carbocycles. The highest BCUT2D eigenvalue weighted by molar-refractivity contribution is 7.89. The summed E-state index contributed by atoms with van der Waals surface area (Å²) < 4.78 is 33.6. The van der Waals surface area contributed by atoms with E-state index in [0.29, 0.717) is 9.98 Å². The maximum absolute atomic E-state index is 12.4. The maximum atomic E-state index is 12.4. The summed E-state index contributed by atoms with van der Waals surface area (Å²) in [5, 5.41) is 0. The van der Waals surface area contributed by atoms with Gasteiger partial charge in [0.05, 0.1) is 22.2 Å². The minimum absolute atomic E-state index is 0.193. The first-order chi connectivity index (χ1) is 11.0. The number of nitrogens with one attached hydrogen (secondary N) is 1. The molecule has 0 fully saturated rings. The van der Waals surface area contributed by atoms with Crippen LogP contribution in [0.3, 0.4) is 0 Å². The van der Waals surface area contributed by atoms with Gasteiger partial charge in [-0.25, -0.2) is 18.1 Å². The lowest BCUT2D eigenvalue weighted by atomic mass is 10.2. The van der Waals surface area contributed by atoms with Crippen molar-refractivity contribution in [1.29, 1.82) is 0 Å². The second-order valence-corrected chi connectivity index (χ2v) is 8.15. The Morgan fingerprint density at radius 3 is 2.65 bits per heavy atom. The van der Waals surface area contributed by atoms with E-state index in [4.69, 9.17) is 16.3 Å².